The van der Waals surface area contributed by atoms with E-state index in [0.29, 0.717) is 11.2 Å². The van der Waals surface area contributed by atoms with Crippen LogP contribution in [0.2, 0.25) is 0 Å². The molecular weight excluding hydrogens is 478 g/mol. The van der Waals surface area contributed by atoms with Gasteiger partial charge in [-0.25, -0.2) is 0 Å². The number of nitrogens with one attached hydrogen (secondary N) is 2. The van der Waals surface area contributed by atoms with Crippen LogP contribution < -0.4 is 15.5 Å². The van der Waals surface area contributed by atoms with Crippen molar-refractivity contribution in [3.8, 4) is 0 Å². The highest BCUT2D eigenvalue weighted by atomic mass is 32.1. The summed E-state index contributed by atoms with van der Waals surface area (Å²) in [5.41, 5.74) is 7.71. The SMILES string of the molecule is Cc1cc(N2C(=S)N[C@@H](c3ccccn3)[C@H]2c2cc(C)n(C3CCCC3)c2C)ccc1NC(=O)C(C)C. The maximum absolute atomic E-state index is 12.3. The predicted molar refractivity (Wildman–Crippen MR) is 154 cm³/mol. The summed E-state index contributed by atoms with van der Waals surface area (Å²) in [6, 6.07) is 15.0. The molecule has 2 fully saturated rings. The monoisotopic (exact) mass is 515 g/mol. The number of carbonyl (C=O) groups is 1. The van der Waals surface area contributed by atoms with Crippen molar-refractivity contribution in [1.82, 2.24) is 14.9 Å². The minimum atomic E-state index is -0.0770. The Kier molecular flexibility index (Phi) is 7.08. The topological polar surface area (TPSA) is 62.2 Å². The molecule has 7 heteroatoms. The van der Waals surface area contributed by atoms with E-state index in [-0.39, 0.29) is 23.9 Å². The second kappa shape index (κ2) is 10.3. The van der Waals surface area contributed by atoms with Crippen molar-refractivity contribution in [2.24, 2.45) is 5.92 Å². The first-order valence-corrected chi connectivity index (χ1v) is 13.8. The largest absolute Gasteiger partial charge is 0.351 e. The maximum atomic E-state index is 12.3. The van der Waals surface area contributed by atoms with Gasteiger partial charge in [0.2, 0.25) is 5.91 Å². The van der Waals surface area contributed by atoms with Gasteiger partial charge in [0, 0.05) is 40.9 Å². The van der Waals surface area contributed by atoms with Gasteiger partial charge in [-0.2, -0.15) is 0 Å². The molecule has 2 aromatic heterocycles. The normalized spacial score (nSPS) is 20.1. The van der Waals surface area contributed by atoms with Crippen LogP contribution in [0.15, 0.2) is 48.7 Å². The van der Waals surface area contributed by atoms with Crippen molar-refractivity contribution in [2.75, 3.05) is 10.2 Å². The van der Waals surface area contributed by atoms with E-state index < -0.39 is 0 Å². The lowest BCUT2D eigenvalue weighted by molar-refractivity contribution is -0.118. The standard InChI is InChI=1S/C30H37N5OS/c1-18(2)29(36)32-25-14-13-23(16-19(25)3)35-28(27(33-30(35)37)26-12-8-9-15-31-26)24-17-20(4)34(21(24)5)22-10-6-7-11-22/h8-9,12-18,22,27-28H,6-7,10-11H2,1-5H3,(H,32,36)(H,33,37)/t27-,28+/m0/s1. The summed E-state index contributed by atoms with van der Waals surface area (Å²) in [5, 5.41) is 7.32. The van der Waals surface area contributed by atoms with Crippen molar-refractivity contribution in [1.29, 1.82) is 0 Å². The number of benzene rings is 1. The summed E-state index contributed by atoms with van der Waals surface area (Å²) >= 11 is 5.96. The lowest BCUT2D eigenvalue weighted by Gasteiger charge is -2.29. The first-order chi connectivity index (χ1) is 17.8. The van der Waals surface area contributed by atoms with Crippen molar-refractivity contribution in [3.63, 3.8) is 0 Å². The first kappa shape index (κ1) is 25.5. The Bertz CT molecular complexity index is 1310. The van der Waals surface area contributed by atoms with Crippen molar-refractivity contribution in [2.45, 2.75) is 78.4 Å². The van der Waals surface area contributed by atoms with Gasteiger partial charge < -0.3 is 20.1 Å². The summed E-state index contributed by atoms with van der Waals surface area (Å²) in [6.45, 7) is 10.3. The van der Waals surface area contributed by atoms with E-state index >= 15 is 0 Å². The van der Waals surface area contributed by atoms with Crippen molar-refractivity contribution in [3.05, 3.63) is 76.9 Å². The summed E-state index contributed by atoms with van der Waals surface area (Å²) in [6.07, 6.45) is 6.93. The molecule has 194 valence electrons. The molecule has 1 aliphatic carbocycles. The maximum Gasteiger partial charge on any atom is 0.226 e. The molecule has 3 aromatic rings. The minimum absolute atomic E-state index is 0.0154. The summed E-state index contributed by atoms with van der Waals surface area (Å²) in [5.74, 6) is -0.0604. The van der Waals surface area contributed by atoms with Crippen LogP contribution in [0, 0.1) is 26.7 Å². The quantitative estimate of drug-likeness (QED) is 0.358. The number of rotatable bonds is 6. The number of pyridine rings is 1. The molecule has 37 heavy (non-hydrogen) atoms. The molecule has 2 aliphatic rings. The fourth-order valence-electron chi connectivity index (χ4n) is 5.99. The van der Waals surface area contributed by atoms with Crippen LogP contribution in [0.1, 0.15) is 85.9 Å². The Hall–Kier alpha value is -3.19. The third-order valence-electron chi connectivity index (χ3n) is 7.90. The lowest BCUT2D eigenvalue weighted by atomic mass is 9.96. The Labute approximate surface area is 225 Å². The zero-order valence-corrected chi connectivity index (χ0v) is 23.2. The van der Waals surface area contributed by atoms with Crippen LogP contribution in [0.5, 0.6) is 0 Å². The molecule has 6 nitrogen and oxygen atoms in total. The van der Waals surface area contributed by atoms with Gasteiger partial charge in [-0.05, 0) is 93.4 Å². The average molecular weight is 516 g/mol. The van der Waals surface area contributed by atoms with Gasteiger partial charge in [-0.1, -0.05) is 32.8 Å². The lowest BCUT2D eigenvalue weighted by Crippen LogP contribution is -2.29. The molecule has 1 amide bonds. The molecule has 1 saturated carbocycles. The average Bonchev–Trinajstić information content (AvgIpc) is 3.58. The van der Waals surface area contributed by atoms with E-state index in [1.54, 1.807) is 0 Å². The van der Waals surface area contributed by atoms with E-state index in [0.717, 1.165) is 22.6 Å². The molecule has 2 atom stereocenters. The fraction of sp³-hybridized carbons (Fsp3) is 0.433. The fourth-order valence-corrected chi connectivity index (χ4v) is 6.34. The van der Waals surface area contributed by atoms with Gasteiger partial charge in [-0.3, -0.25) is 9.78 Å². The first-order valence-electron chi connectivity index (χ1n) is 13.4. The summed E-state index contributed by atoms with van der Waals surface area (Å²) in [7, 11) is 0. The summed E-state index contributed by atoms with van der Waals surface area (Å²) < 4.78 is 2.55. The van der Waals surface area contributed by atoms with Gasteiger partial charge in [0.15, 0.2) is 5.11 Å². The minimum Gasteiger partial charge on any atom is -0.351 e. The van der Waals surface area contributed by atoms with Crippen LogP contribution >= 0.6 is 12.2 Å². The molecule has 5 rings (SSSR count). The number of aryl methyl sites for hydroxylation is 2. The van der Waals surface area contributed by atoms with Crippen LogP contribution in [0.25, 0.3) is 0 Å². The Morgan fingerprint density at radius 1 is 1.11 bits per heavy atom. The number of aromatic nitrogens is 2. The second-order valence-electron chi connectivity index (χ2n) is 10.8. The Morgan fingerprint density at radius 3 is 2.51 bits per heavy atom. The second-order valence-corrected chi connectivity index (χ2v) is 11.2. The third-order valence-corrected chi connectivity index (χ3v) is 8.22. The van der Waals surface area contributed by atoms with E-state index in [9.17, 15) is 4.79 Å². The number of hydrogen-bond donors (Lipinski definition) is 2. The number of carbonyl (C=O) groups excluding carboxylic acids is 1. The molecule has 3 heterocycles. The van der Waals surface area contributed by atoms with Gasteiger partial charge in [0.25, 0.3) is 0 Å². The van der Waals surface area contributed by atoms with Crippen molar-refractivity contribution < 1.29 is 4.79 Å². The van der Waals surface area contributed by atoms with Gasteiger partial charge in [0.05, 0.1) is 17.8 Å². The molecule has 1 aromatic carbocycles. The molecule has 0 radical (unpaired) electrons. The van der Waals surface area contributed by atoms with Crippen LogP contribution in [0.3, 0.4) is 0 Å². The number of anilines is 2. The molecular formula is C30H37N5OS. The third kappa shape index (κ3) is 4.77. The van der Waals surface area contributed by atoms with Crippen molar-refractivity contribution >= 4 is 34.6 Å². The van der Waals surface area contributed by atoms with E-state index in [2.05, 4.69) is 58.2 Å². The zero-order chi connectivity index (χ0) is 26.3. The molecule has 1 saturated heterocycles. The van der Waals surface area contributed by atoms with E-state index in [1.807, 2.05) is 45.2 Å². The molecule has 0 bridgehead atoms. The number of thiocarbonyl (C=S) groups is 1. The highest BCUT2D eigenvalue weighted by Gasteiger charge is 2.42. The van der Waals surface area contributed by atoms with Crippen LogP contribution in [-0.2, 0) is 4.79 Å². The number of nitrogens with zero attached hydrogens (tertiary/aromatic N) is 3. The predicted octanol–water partition coefficient (Wildman–Crippen LogP) is 6.70. The molecule has 2 N–H and O–H groups in total. The smallest absolute Gasteiger partial charge is 0.226 e. The molecule has 1 aliphatic heterocycles. The van der Waals surface area contributed by atoms with Crippen LogP contribution in [-0.4, -0.2) is 20.6 Å². The van der Waals surface area contributed by atoms with Gasteiger partial charge >= 0.3 is 0 Å². The van der Waals surface area contributed by atoms with Gasteiger partial charge in [-0.15, -0.1) is 0 Å². The highest BCUT2D eigenvalue weighted by Crippen LogP contribution is 2.45. The molecule has 0 unspecified atom stereocenters. The summed E-state index contributed by atoms with van der Waals surface area (Å²) in [4.78, 5) is 19.3. The van der Waals surface area contributed by atoms with Crippen LogP contribution in [0.4, 0.5) is 11.4 Å². The van der Waals surface area contributed by atoms with E-state index in [4.69, 9.17) is 17.2 Å². The zero-order valence-electron chi connectivity index (χ0n) is 22.4. The Morgan fingerprint density at radius 2 is 1.86 bits per heavy atom. The van der Waals surface area contributed by atoms with E-state index in [1.165, 1.54) is 42.6 Å². The molecule has 0 spiro atoms. The highest BCUT2D eigenvalue weighted by molar-refractivity contribution is 7.80. The van der Waals surface area contributed by atoms with Gasteiger partial charge in [0.1, 0.15) is 0 Å². The number of hydrogen-bond acceptors (Lipinski definition) is 3. The number of amides is 1. The Balaban J connectivity index is 1.58.